The number of hydrogen-bond acceptors (Lipinski definition) is 2. The highest BCUT2D eigenvalue weighted by Crippen LogP contribution is 2.45. The molecule has 0 aliphatic carbocycles. The van der Waals surface area contributed by atoms with Crippen molar-refractivity contribution in [2.24, 2.45) is 0 Å². The van der Waals surface area contributed by atoms with E-state index in [1.54, 1.807) is 0 Å². The second kappa shape index (κ2) is 6.21. The van der Waals surface area contributed by atoms with Crippen LogP contribution in [0.15, 0.2) is 108 Å². The molecule has 9 rings (SSSR count). The quantitative estimate of drug-likeness (QED) is 0.219. The Labute approximate surface area is 203 Å². The van der Waals surface area contributed by atoms with Crippen LogP contribution in [-0.4, -0.2) is 4.40 Å². The van der Waals surface area contributed by atoms with Crippen LogP contribution >= 0.6 is 11.3 Å². The van der Waals surface area contributed by atoms with E-state index >= 15 is 0 Å². The lowest BCUT2D eigenvalue weighted by molar-refractivity contribution is 0.673. The molecule has 0 N–H and O–H groups in total. The number of benzene rings is 5. The third-order valence-corrected chi connectivity index (χ3v) is 8.68. The van der Waals surface area contributed by atoms with E-state index in [1.165, 1.54) is 63.5 Å². The molecule has 35 heavy (non-hydrogen) atoms. The van der Waals surface area contributed by atoms with Crippen molar-refractivity contribution in [3.63, 3.8) is 0 Å². The van der Waals surface area contributed by atoms with Gasteiger partial charge in [0.25, 0.3) is 0 Å². The minimum absolute atomic E-state index is 0.938. The Morgan fingerprint density at radius 3 is 2.11 bits per heavy atom. The molecule has 0 fully saturated rings. The molecule has 9 aromatic rings. The number of hydrogen-bond donors (Lipinski definition) is 0. The fourth-order valence-electron chi connectivity index (χ4n) is 6.10. The molecular weight excluding hydrogens is 446 g/mol. The first kappa shape index (κ1) is 18.0. The van der Waals surface area contributed by atoms with Gasteiger partial charge in [0.2, 0.25) is 0 Å². The molecule has 0 unspecified atom stereocenters. The van der Waals surface area contributed by atoms with E-state index in [0.717, 1.165) is 16.7 Å². The molecule has 4 aromatic heterocycles. The molecule has 0 atom stereocenters. The summed E-state index contributed by atoms with van der Waals surface area (Å²) in [4.78, 5) is 0. The van der Waals surface area contributed by atoms with Crippen molar-refractivity contribution in [2.75, 3.05) is 0 Å². The summed E-state index contributed by atoms with van der Waals surface area (Å²) in [7, 11) is 0. The molecule has 3 heteroatoms. The average Bonchev–Trinajstić information content (AvgIpc) is 3.55. The topological polar surface area (TPSA) is 17.6 Å². The van der Waals surface area contributed by atoms with E-state index in [0.29, 0.717) is 0 Å². The number of fused-ring (bicyclic) bond motifs is 11. The van der Waals surface area contributed by atoms with Crippen LogP contribution in [0, 0.1) is 0 Å². The van der Waals surface area contributed by atoms with Crippen molar-refractivity contribution in [1.29, 1.82) is 0 Å². The van der Waals surface area contributed by atoms with Gasteiger partial charge in [0.15, 0.2) is 5.58 Å². The Morgan fingerprint density at radius 1 is 0.514 bits per heavy atom. The minimum atomic E-state index is 0.938. The van der Waals surface area contributed by atoms with Crippen LogP contribution in [0.4, 0.5) is 0 Å². The van der Waals surface area contributed by atoms with Crippen molar-refractivity contribution < 1.29 is 4.42 Å². The summed E-state index contributed by atoms with van der Waals surface area (Å²) in [5.41, 5.74) is 5.45. The van der Waals surface area contributed by atoms with E-state index < -0.39 is 0 Å². The number of para-hydroxylation sites is 1. The molecule has 0 spiro atoms. The number of thiophene rings is 1. The van der Waals surface area contributed by atoms with Crippen molar-refractivity contribution in [3.05, 3.63) is 103 Å². The van der Waals surface area contributed by atoms with Crippen molar-refractivity contribution in [1.82, 2.24) is 4.40 Å². The summed E-state index contributed by atoms with van der Waals surface area (Å²) in [6.07, 6.45) is 0. The summed E-state index contributed by atoms with van der Waals surface area (Å²) < 4.78 is 11.7. The zero-order valence-electron chi connectivity index (χ0n) is 18.6. The zero-order chi connectivity index (χ0) is 22.7. The molecule has 0 saturated carbocycles. The molecule has 0 saturated heterocycles. The van der Waals surface area contributed by atoms with Crippen LogP contribution < -0.4 is 0 Å². The van der Waals surface area contributed by atoms with Crippen molar-refractivity contribution >= 4 is 91.5 Å². The highest BCUT2D eigenvalue weighted by molar-refractivity contribution is 7.25. The molecule has 162 valence electrons. The number of aromatic nitrogens is 1. The van der Waals surface area contributed by atoms with Crippen LogP contribution in [0.25, 0.3) is 80.2 Å². The van der Waals surface area contributed by atoms with Crippen LogP contribution in [0.1, 0.15) is 0 Å². The van der Waals surface area contributed by atoms with Gasteiger partial charge in [0.1, 0.15) is 11.1 Å². The summed E-state index contributed by atoms with van der Waals surface area (Å²) in [5.74, 6) is 0. The van der Waals surface area contributed by atoms with E-state index in [2.05, 4.69) is 108 Å². The predicted octanol–water partition coefficient (Wildman–Crippen LogP) is 9.67. The minimum Gasteiger partial charge on any atom is -0.454 e. The maximum Gasteiger partial charge on any atom is 0.161 e. The first-order valence-corrected chi connectivity index (χ1v) is 12.7. The van der Waals surface area contributed by atoms with Crippen LogP contribution in [0.3, 0.4) is 0 Å². The van der Waals surface area contributed by atoms with Gasteiger partial charge in [-0.3, -0.25) is 0 Å². The molecule has 4 heterocycles. The number of furan rings is 1. The Bertz CT molecular complexity index is 2330. The maximum atomic E-state index is 6.67. The molecule has 5 aromatic carbocycles. The van der Waals surface area contributed by atoms with Gasteiger partial charge in [-0.1, -0.05) is 72.8 Å². The third-order valence-electron chi connectivity index (χ3n) is 7.55. The van der Waals surface area contributed by atoms with E-state index in [9.17, 15) is 0 Å². The Hall–Kier alpha value is -4.34. The lowest BCUT2D eigenvalue weighted by Gasteiger charge is -2.08. The molecule has 0 aliphatic heterocycles. The van der Waals surface area contributed by atoms with Gasteiger partial charge in [0.05, 0.1) is 16.4 Å². The third kappa shape index (κ3) is 2.15. The van der Waals surface area contributed by atoms with Gasteiger partial charge in [0, 0.05) is 30.9 Å². The van der Waals surface area contributed by atoms with E-state index in [4.69, 9.17) is 4.42 Å². The fraction of sp³-hybridized carbons (Fsp3) is 0. The SMILES string of the molecule is c1ccc2c(c1)sc1cc3c(cc12)c1oc2cccc4c5ccccc5c5ccccc5n3c1c24. The first-order chi connectivity index (χ1) is 17.4. The monoisotopic (exact) mass is 463 g/mol. The Kier molecular flexibility index (Phi) is 3.20. The highest BCUT2D eigenvalue weighted by atomic mass is 32.1. The lowest BCUT2D eigenvalue weighted by atomic mass is 10.0. The summed E-state index contributed by atoms with van der Waals surface area (Å²) in [6, 6.07) is 37.4. The predicted molar refractivity (Wildman–Crippen MR) is 150 cm³/mol. The highest BCUT2D eigenvalue weighted by Gasteiger charge is 2.21. The van der Waals surface area contributed by atoms with Gasteiger partial charge in [-0.15, -0.1) is 11.3 Å². The van der Waals surface area contributed by atoms with Crippen LogP contribution in [-0.2, 0) is 0 Å². The number of rotatable bonds is 0. The zero-order valence-corrected chi connectivity index (χ0v) is 19.4. The fourth-order valence-corrected chi connectivity index (χ4v) is 7.22. The summed E-state index contributed by atoms with van der Waals surface area (Å²) >= 11 is 1.86. The first-order valence-electron chi connectivity index (χ1n) is 11.9. The van der Waals surface area contributed by atoms with Crippen molar-refractivity contribution in [2.45, 2.75) is 0 Å². The smallest absolute Gasteiger partial charge is 0.161 e. The van der Waals surface area contributed by atoms with Crippen LogP contribution in [0.5, 0.6) is 0 Å². The van der Waals surface area contributed by atoms with Gasteiger partial charge < -0.3 is 8.82 Å². The van der Waals surface area contributed by atoms with Gasteiger partial charge in [-0.25, -0.2) is 0 Å². The molecule has 0 radical (unpaired) electrons. The second-order valence-electron chi connectivity index (χ2n) is 9.32. The van der Waals surface area contributed by atoms with Gasteiger partial charge in [-0.05, 0) is 46.5 Å². The molecular formula is C32H17NOS. The van der Waals surface area contributed by atoms with E-state index in [-0.39, 0.29) is 0 Å². The maximum absolute atomic E-state index is 6.67. The molecule has 0 bridgehead atoms. The number of nitrogens with zero attached hydrogens (tertiary/aromatic N) is 1. The van der Waals surface area contributed by atoms with Crippen molar-refractivity contribution in [3.8, 4) is 0 Å². The normalized spacial score (nSPS) is 12.6. The second-order valence-corrected chi connectivity index (χ2v) is 10.4. The molecule has 0 aliphatic rings. The van der Waals surface area contributed by atoms with Gasteiger partial charge in [-0.2, -0.15) is 0 Å². The summed E-state index contributed by atoms with van der Waals surface area (Å²) in [6.45, 7) is 0. The van der Waals surface area contributed by atoms with E-state index in [1.807, 2.05) is 11.3 Å². The lowest BCUT2D eigenvalue weighted by Crippen LogP contribution is -1.88. The molecule has 2 nitrogen and oxygen atoms in total. The van der Waals surface area contributed by atoms with Gasteiger partial charge >= 0.3 is 0 Å². The Morgan fingerprint density at radius 2 is 1.23 bits per heavy atom. The average molecular weight is 464 g/mol. The summed E-state index contributed by atoms with van der Waals surface area (Å²) in [5, 5.41) is 9.92. The Balaban J connectivity index is 1.69. The molecule has 0 amide bonds. The van der Waals surface area contributed by atoms with Crippen LogP contribution in [0.2, 0.25) is 0 Å². The largest absolute Gasteiger partial charge is 0.454 e. The standard InChI is InChI=1S/C32H17NOS/c1-2-9-19-18(8-1)20-10-3-5-13-25(20)33-26-17-29-23(21-11-4-6-15-28(21)35-29)16-24(26)32-31(33)30-22(19)12-7-14-27(30)34-32/h1-17H.